The third-order valence-corrected chi connectivity index (χ3v) is 3.94. The van der Waals surface area contributed by atoms with Gasteiger partial charge in [0.15, 0.2) is 28.8 Å². The van der Waals surface area contributed by atoms with Gasteiger partial charge in [-0.3, -0.25) is 4.79 Å². The van der Waals surface area contributed by atoms with E-state index < -0.39 is 17.3 Å². The molecule has 0 aliphatic heterocycles. The second kappa shape index (κ2) is 9.32. The lowest BCUT2D eigenvalue weighted by Crippen LogP contribution is -2.09. The largest absolute Gasteiger partial charge is 0.504 e. The normalized spacial score (nSPS) is 11.3. The number of hydrogen-bond donors (Lipinski definition) is 3. The number of methoxy groups -OCH3 is 3. The molecule has 0 atom stereocenters. The smallest absolute Gasteiger partial charge is 0.339 e. The Labute approximate surface area is 166 Å². The Bertz CT molecular complexity index is 963. The number of aliphatic carboxylic acids is 1. The first-order valence-corrected chi connectivity index (χ1v) is 8.30. The molecule has 152 valence electrons. The van der Waals surface area contributed by atoms with Gasteiger partial charge in [0.2, 0.25) is 5.75 Å². The summed E-state index contributed by atoms with van der Waals surface area (Å²) in [5.41, 5.74) is 0.328. The Morgan fingerprint density at radius 2 is 1.41 bits per heavy atom. The fourth-order valence-electron chi connectivity index (χ4n) is 2.46. The van der Waals surface area contributed by atoms with E-state index in [4.69, 9.17) is 14.2 Å². The van der Waals surface area contributed by atoms with Gasteiger partial charge in [-0.05, 0) is 47.5 Å². The molecule has 2 rings (SSSR count). The van der Waals surface area contributed by atoms with Crippen molar-refractivity contribution in [3.63, 3.8) is 0 Å². The van der Waals surface area contributed by atoms with Crippen LogP contribution in [0.3, 0.4) is 0 Å². The maximum absolute atomic E-state index is 12.4. The standard InChI is InChI=1S/C21H20O8/c1-27-17-9-12(5-7-16(17)23)4-6-15(22)14(21(25)26)8-13-10-18(28-2)20(24)19(11-13)29-3/h4-11,23-24H,1-3H3,(H,25,26)/b6-4+,14-8+. The van der Waals surface area contributed by atoms with Gasteiger partial charge in [-0.15, -0.1) is 0 Å². The summed E-state index contributed by atoms with van der Waals surface area (Å²) in [6.07, 6.45) is 3.65. The Morgan fingerprint density at radius 1 is 0.862 bits per heavy atom. The number of ether oxygens (including phenoxy) is 3. The van der Waals surface area contributed by atoms with E-state index in [0.29, 0.717) is 11.1 Å². The Hall–Kier alpha value is -3.94. The van der Waals surface area contributed by atoms with Crippen LogP contribution in [0.25, 0.3) is 12.2 Å². The van der Waals surface area contributed by atoms with E-state index in [1.54, 1.807) is 6.07 Å². The fourth-order valence-corrected chi connectivity index (χ4v) is 2.46. The molecule has 0 fully saturated rings. The van der Waals surface area contributed by atoms with Gasteiger partial charge in [0.25, 0.3) is 0 Å². The zero-order chi connectivity index (χ0) is 21.6. The number of allylic oxidation sites excluding steroid dienone is 1. The first-order valence-electron chi connectivity index (χ1n) is 8.30. The average molecular weight is 400 g/mol. The van der Waals surface area contributed by atoms with Crippen molar-refractivity contribution in [3.8, 4) is 28.7 Å². The van der Waals surface area contributed by atoms with Crippen molar-refractivity contribution < 1.29 is 39.1 Å². The molecule has 0 amide bonds. The summed E-state index contributed by atoms with van der Waals surface area (Å²) in [5.74, 6) is -2.12. The predicted molar refractivity (Wildman–Crippen MR) is 106 cm³/mol. The van der Waals surface area contributed by atoms with Crippen molar-refractivity contribution in [2.45, 2.75) is 0 Å². The molecule has 8 nitrogen and oxygen atoms in total. The third kappa shape index (κ3) is 5.07. The van der Waals surface area contributed by atoms with Gasteiger partial charge >= 0.3 is 5.97 Å². The summed E-state index contributed by atoms with van der Waals surface area (Å²) in [6.45, 7) is 0. The van der Waals surface area contributed by atoms with Gasteiger partial charge < -0.3 is 29.5 Å². The molecule has 3 N–H and O–H groups in total. The quantitative estimate of drug-likeness (QED) is 0.351. The van der Waals surface area contributed by atoms with E-state index >= 15 is 0 Å². The van der Waals surface area contributed by atoms with Crippen LogP contribution in [-0.2, 0) is 9.59 Å². The average Bonchev–Trinajstić information content (AvgIpc) is 2.71. The Kier molecular flexibility index (Phi) is 6.86. The van der Waals surface area contributed by atoms with E-state index in [1.807, 2.05) is 0 Å². The lowest BCUT2D eigenvalue weighted by molar-refractivity contribution is -0.133. The van der Waals surface area contributed by atoms with E-state index in [9.17, 15) is 24.9 Å². The van der Waals surface area contributed by atoms with Gasteiger partial charge in [0.1, 0.15) is 5.57 Å². The number of carboxylic acid groups (broad SMARTS) is 1. The molecule has 2 aromatic carbocycles. The molecule has 0 saturated carbocycles. The fraction of sp³-hybridized carbons (Fsp3) is 0.143. The molecule has 29 heavy (non-hydrogen) atoms. The molecular formula is C21H20O8. The van der Waals surface area contributed by atoms with Crippen LogP contribution < -0.4 is 14.2 Å². The molecular weight excluding hydrogens is 380 g/mol. The molecule has 8 heteroatoms. The van der Waals surface area contributed by atoms with Crippen LogP contribution in [0.1, 0.15) is 11.1 Å². The maximum Gasteiger partial charge on any atom is 0.339 e. The van der Waals surface area contributed by atoms with Crippen molar-refractivity contribution in [1.82, 2.24) is 0 Å². The van der Waals surface area contributed by atoms with Crippen LogP contribution in [0.5, 0.6) is 28.7 Å². The summed E-state index contributed by atoms with van der Waals surface area (Å²) in [7, 11) is 4.05. The predicted octanol–water partition coefficient (Wildman–Crippen LogP) is 2.87. The second-order valence-electron chi connectivity index (χ2n) is 5.77. The first kappa shape index (κ1) is 21.4. The van der Waals surface area contributed by atoms with Gasteiger partial charge in [-0.25, -0.2) is 4.79 Å². The molecule has 0 heterocycles. The van der Waals surface area contributed by atoms with Crippen LogP contribution >= 0.6 is 0 Å². The molecule has 0 bridgehead atoms. The lowest BCUT2D eigenvalue weighted by atomic mass is 10.0. The number of aromatic hydroxyl groups is 2. The summed E-state index contributed by atoms with van der Waals surface area (Å²) >= 11 is 0. The summed E-state index contributed by atoms with van der Waals surface area (Å²) < 4.78 is 15.1. The summed E-state index contributed by atoms with van der Waals surface area (Å²) in [6, 6.07) is 7.19. The third-order valence-electron chi connectivity index (χ3n) is 3.94. The van der Waals surface area contributed by atoms with E-state index in [2.05, 4.69) is 0 Å². The maximum atomic E-state index is 12.4. The molecule has 0 radical (unpaired) electrons. The number of rotatable bonds is 8. The highest BCUT2D eigenvalue weighted by atomic mass is 16.5. The van der Waals surface area contributed by atoms with Gasteiger partial charge in [0.05, 0.1) is 21.3 Å². The molecule has 0 aliphatic carbocycles. The van der Waals surface area contributed by atoms with E-state index in [1.165, 1.54) is 51.7 Å². The van der Waals surface area contributed by atoms with Crippen LogP contribution in [0.4, 0.5) is 0 Å². The number of phenolic OH excluding ortho intramolecular Hbond substituents is 2. The highest BCUT2D eigenvalue weighted by molar-refractivity contribution is 6.25. The van der Waals surface area contributed by atoms with E-state index in [0.717, 1.165) is 12.2 Å². The minimum Gasteiger partial charge on any atom is -0.504 e. The molecule has 0 unspecified atom stereocenters. The Morgan fingerprint density at radius 3 is 1.93 bits per heavy atom. The molecule has 2 aromatic rings. The van der Waals surface area contributed by atoms with Crippen molar-refractivity contribution in [2.75, 3.05) is 21.3 Å². The Balaban J connectivity index is 2.38. The minimum atomic E-state index is -1.42. The highest BCUT2D eigenvalue weighted by Gasteiger charge is 2.17. The number of carbonyl (C=O) groups excluding carboxylic acids is 1. The van der Waals surface area contributed by atoms with Gasteiger partial charge in [-0.2, -0.15) is 0 Å². The molecule has 0 aliphatic rings. The molecule has 0 saturated heterocycles. The lowest BCUT2D eigenvalue weighted by Gasteiger charge is -2.10. The second-order valence-corrected chi connectivity index (χ2v) is 5.77. The highest BCUT2D eigenvalue weighted by Crippen LogP contribution is 2.37. The zero-order valence-electron chi connectivity index (χ0n) is 16.0. The summed E-state index contributed by atoms with van der Waals surface area (Å²) in [4.78, 5) is 24.0. The van der Waals surface area contributed by atoms with Crippen molar-refractivity contribution in [1.29, 1.82) is 0 Å². The monoisotopic (exact) mass is 400 g/mol. The van der Waals surface area contributed by atoms with Crippen LogP contribution in [0, 0.1) is 0 Å². The molecule has 0 aromatic heterocycles. The number of ketones is 1. The number of carbonyl (C=O) groups is 2. The molecule has 0 spiro atoms. The minimum absolute atomic E-state index is 0.0580. The van der Waals surface area contributed by atoms with Crippen LogP contribution in [-0.4, -0.2) is 48.4 Å². The first-order chi connectivity index (χ1) is 13.8. The van der Waals surface area contributed by atoms with Gasteiger partial charge in [-0.1, -0.05) is 12.1 Å². The van der Waals surface area contributed by atoms with Crippen molar-refractivity contribution in [2.24, 2.45) is 0 Å². The van der Waals surface area contributed by atoms with Crippen molar-refractivity contribution in [3.05, 3.63) is 53.1 Å². The van der Waals surface area contributed by atoms with Crippen molar-refractivity contribution >= 4 is 23.9 Å². The summed E-state index contributed by atoms with van der Waals surface area (Å²) in [5, 5.41) is 29.0. The van der Waals surface area contributed by atoms with Crippen LogP contribution in [0.15, 0.2) is 42.0 Å². The zero-order valence-corrected chi connectivity index (χ0v) is 16.0. The number of carboxylic acids is 1. The van der Waals surface area contributed by atoms with Crippen LogP contribution in [0.2, 0.25) is 0 Å². The number of phenols is 2. The number of hydrogen-bond acceptors (Lipinski definition) is 7. The topological polar surface area (TPSA) is 123 Å². The SMILES string of the molecule is COc1cc(/C=C/C(=O)/C(=C\c2cc(OC)c(O)c(OC)c2)C(=O)O)ccc1O. The van der Waals surface area contributed by atoms with E-state index in [-0.39, 0.29) is 28.7 Å². The van der Waals surface area contributed by atoms with Gasteiger partial charge in [0, 0.05) is 0 Å². The number of benzene rings is 2.